The molecule has 0 spiro atoms. The Morgan fingerprint density at radius 3 is 2.63 bits per heavy atom. The second kappa shape index (κ2) is 8.67. The van der Waals surface area contributed by atoms with E-state index in [-0.39, 0.29) is 5.91 Å². The predicted octanol–water partition coefficient (Wildman–Crippen LogP) is 2.17. The van der Waals surface area contributed by atoms with Gasteiger partial charge in [-0.1, -0.05) is 11.8 Å². The highest BCUT2D eigenvalue weighted by Crippen LogP contribution is 2.36. The summed E-state index contributed by atoms with van der Waals surface area (Å²) >= 11 is 1.59. The van der Waals surface area contributed by atoms with E-state index in [1.165, 1.54) is 0 Å². The fraction of sp³-hybridized carbons (Fsp3) is 0.474. The fourth-order valence-electron chi connectivity index (χ4n) is 3.10. The molecule has 1 aromatic carbocycles. The number of carbonyl (C=O) groups is 1. The lowest BCUT2D eigenvalue weighted by Gasteiger charge is -2.34. The molecule has 0 atom stereocenters. The molecule has 2 aromatic rings. The molecule has 2 heterocycles. The van der Waals surface area contributed by atoms with Gasteiger partial charge < -0.3 is 19.9 Å². The average molecular weight is 390 g/mol. The van der Waals surface area contributed by atoms with Gasteiger partial charge in [-0.25, -0.2) is 0 Å². The summed E-state index contributed by atoms with van der Waals surface area (Å²) in [5.41, 5.74) is 1.56. The second-order valence-corrected chi connectivity index (χ2v) is 7.58. The van der Waals surface area contributed by atoms with Gasteiger partial charge in [0.1, 0.15) is 5.75 Å². The van der Waals surface area contributed by atoms with Crippen molar-refractivity contribution in [2.24, 2.45) is 0 Å². The van der Waals surface area contributed by atoms with Crippen LogP contribution in [0.15, 0.2) is 34.2 Å². The Hall–Kier alpha value is -2.19. The molecule has 1 aliphatic rings. The average Bonchev–Trinajstić information content (AvgIpc) is 3.10. The number of aryl methyl sites for hydroxylation is 1. The SMILES string of the molecule is CCn1nc(C(=O)NC)cc1Sc1ccc(N2CCN(C)CC2)c(OC)c1. The first-order valence-electron chi connectivity index (χ1n) is 9.15. The maximum Gasteiger partial charge on any atom is 0.271 e. The maximum absolute atomic E-state index is 11.9. The number of anilines is 1. The number of nitrogens with zero attached hydrogens (tertiary/aromatic N) is 4. The van der Waals surface area contributed by atoms with Crippen LogP contribution in [0, 0.1) is 0 Å². The summed E-state index contributed by atoms with van der Waals surface area (Å²) in [5.74, 6) is 0.700. The van der Waals surface area contributed by atoms with Crippen molar-refractivity contribution in [1.29, 1.82) is 0 Å². The smallest absolute Gasteiger partial charge is 0.271 e. The normalized spacial score (nSPS) is 15.0. The molecule has 0 radical (unpaired) electrons. The number of amides is 1. The summed E-state index contributed by atoms with van der Waals surface area (Å²) in [6.45, 7) is 6.82. The lowest BCUT2D eigenvalue weighted by atomic mass is 10.2. The number of rotatable bonds is 6. The van der Waals surface area contributed by atoms with Crippen LogP contribution >= 0.6 is 11.8 Å². The molecule has 0 bridgehead atoms. The van der Waals surface area contributed by atoms with E-state index in [1.54, 1.807) is 25.9 Å². The third kappa shape index (κ3) is 4.39. The van der Waals surface area contributed by atoms with Gasteiger partial charge in [0.2, 0.25) is 0 Å². The van der Waals surface area contributed by atoms with E-state index in [2.05, 4.69) is 45.5 Å². The first-order chi connectivity index (χ1) is 13.0. The van der Waals surface area contributed by atoms with Crippen molar-refractivity contribution in [1.82, 2.24) is 20.0 Å². The van der Waals surface area contributed by atoms with Crippen molar-refractivity contribution in [3.63, 3.8) is 0 Å². The number of hydrogen-bond donors (Lipinski definition) is 1. The summed E-state index contributed by atoms with van der Waals surface area (Å²) in [6, 6.07) is 8.12. The monoisotopic (exact) mass is 389 g/mol. The van der Waals surface area contributed by atoms with Crippen LogP contribution in [0.5, 0.6) is 5.75 Å². The van der Waals surface area contributed by atoms with Crippen LogP contribution in [0.4, 0.5) is 5.69 Å². The van der Waals surface area contributed by atoms with E-state index in [9.17, 15) is 4.79 Å². The molecule has 7 nitrogen and oxygen atoms in total. The minimum absolute atomic E-state index is 0.174. The van der Waals surface area contributed by atoms with Crippen LogP contribution in [0.3, 0.4) is 0 Å². The molecule has 0 aliphatic carbocycles. The van der Waals surface area contributed by atoms with E-state index >= 15 is 0 Å². The number of piperazine rings is 1. The highest BCUT2D eigenvalue weighted by molar-refractivity contribution is 7.99. The molecule has 8 heteroatoms. The Kier molecular flexibility index (Phi) is 6.28. The molecule has 1 saturated heterocycles. The third-order valence-corrected chi connectivity index (χ3v) is 5.75. The number of nitrogens with one attached hydrogen (secondary N) is 1. The van der Waals surface area contributed by atoms with E-state index in [4.69, 9.17) is 4.74 Å². The third-order valence-electron chi connectivity index (χ3n) is 4.72. The molecule has 1 amide bonds. The largest absolute Gasteiger partial charge is 0.495 e. The van der Waals surface area contributed by atoms with E-state index in [0.717, 1.165) is 47.5 Å². The zero-order chi connectivity index (χ0) is 19.4. The molecule has 146 valence electrons. The van der Waals surface area contributed by atoms with Crippen molar-refractivity contribution >= 4 is 23.4 Å². The van der Waals surface area contributed by atoms with E-state index < -0.39 is 0 Å². The lowest BCUT2D eigenvalue weighted by Crippen LogP contribution is -2.44. The first-order valence-corrected chi connectivity index (χ1v) is 9.96. The molecule has 1 N–H and O–H groups in total. The summed E-state index contributed by atoms with van der Waals surface area (Å²) in [6.07, 6.45) is 0. The Labute approximate surface area is 164 Å². The Morgan fingerprint density at radius 2 is 2.00 bits per heavy atom. The van der Waals surface area contributed by atoms with Crippen LogP contribution in [0.2, 0.25) is 0 Å². The summed E-state index contributed by atoms with van der Waals surface area (Å²) in [7, 11) is 5.48. The van der Waals surface area contributed by atoms with Crippen LogP contribution in [-0.2, 0) is 6.54 Å². The summed E-state index contributed by atoms with van der Waals surface area (Å²) in [5, 5.41) is 7.93. The Bertz CT molecular complexity index is 799. The molecule has 0 saturated carbocycles. The van der Waals surface area contributed by atoms with Crippen molar-refractivity contribution < 1.29 is 9.53 Å². The standard InChI is InChI=1S/C19H27N5O2S/c1-5-24-18(13-15(21-24)19(25)20-2)27-14-6-7-16(17(12-14)26-4)23-10-8-22(3)9-11-23/h6-7,12-13H,5,8-11H2,1-4H3,(H,20,25). The molecule has 0 unspecified atom stereocenters. The number of carbonyl (C=O) groups excluding carboxylic acids is 1. The van der Waals surface area contributed by atoms with Crippen LogP contribution in [0.25, 0.3) is 0 Å². The van der Waals surface area contributed by atoms with Gasteiger partial charge in [-0.05, 0) is 32.2 Å². The summed E-state index contributed by atoms with van der Waals surface area (Å²) < 4.78 is 7.51. The van der Waals surface area contributed by atoms with E-state index in [0.29, 0.717) is 12.2 Å². The van der Waals surface area contributed by atoms with Gasteiger partial charge >= 0.3 is 0 Å². The first kappa shape index (κ1) is 19.6. The van der Waals surface area contributed by atoms with E-state index in [1.807, 2.05) is 17.7 Å². The number of hydrogen-bond acceptors (Lipinski definition) is 6. The van der Waals surface area contributed by atoms with Gasteiger partial charge in [0.25, 0.3) is 5.91 Å². The van der Waals surface area contributed by atoms with Crippen molar-refractivity contribution in [3.05, 3.63) is 30.0 Å². The van der Waals surface area contributed by atoms with Crippen molar-refractivity contribution in [3.8, 4) is 5.75 Å². The Morgan fingerprint density at radius 1 is 1.26 bits per heavy atom. The molecule has 1 aromatic heterocycles. The number of ether oxygens (including phenoxy) is 1. The van der Waals surface area contributed by atoms with Crippen LogP contribution in [-0.4, -0.2) is 68.0 Å². The molecule has 27 heavy (non-hydrogen) atoms. The molecule has 1 fully saturated rings. The maximum atomic E-state index is 11.9. The number of methoxy groups -OCH3 is 1. The lowest BCUT2D eigenvalue weighted by molar-refractivity contribution is 0.0957. The topological polar surface area (TPSA) is 62.6 Å². The van der Waals surface area contributed by atoms with Gasteiger partial charge in [0, 0.05) is 50.7 Å². The minimum atomic E-state index is -0.174. The zero-order valence-corrected chi connectivity index (χ0v) is 17.2. The molecule has 1 aliphatic heterocycles. The van der Waals surface area contributed by atoms with Gasteiger partial charge in [-0.3, -0.25) is 9.48 Å². The zero-order valence-electron chi connectivity index (χ0n) is 16.4. The molecular weight excluding hydrogens is 362 g/mol. The minimum Gasteiger partial charge on any atom is -0.495 e. The van der Waals surface area contributed by atoms with Crippen LogP contribution in [0.1, 0.15) is 17.4 Å². The van der Waals surface area contributed by atoms with Gasteiger partial charge in [0.15, 0.2) is 5.69 Å². The van der Waals surface area contributed by atoms with Gasteiger partial charge in [-0.2, -0.15) is 5.10 Å². The highest BCUT2D eigenvalue weighted by atomic mass is 32.2. The van der Waals surface area contributed by atoms with Crippen molar-refractivity contribution in [2.45, 2.75) is 23.4 Å². The van der Waals surface area contributed by atoms with Crippen molar-refractivity contribution in [2.75, 3.05) is 52.3 Å². The quantitative estimate of drug-likeness (QED) is 0.817. The predicted molar refractivity (Wildman–Crippen MR) is 108 cm³/mol. The fourth-order valence-corrected chi connectivity index (χ4v) is 4.09. The highest BCUT2D eigenvalue weighted by Gasteiger charge is 2.19. The number of benzene rings is 1. The molecular formula is C19H27N5O2S. The van der Waals surface area contributed by atoms with Gasteiger partial charge in [0.05, 0.1) is 17.8 Å². The number of aromatic nitrogens is 2. The summed E-state index contributed by atoms with van der Waals surface area (Å²) in [4.78, 5) is 17.6. The molecule has 3 rings (SSSR count). The Balaban J connectivity index is 1.82. The van der Waals surface area contributed by atoms with Gasteiger partial charge in [-0.15, -0.1) is 0 Å². The second-order valence-electron chi connectivity index (χ2n) is 6.49. The number of likely N-dealkylation sites (N-methyl/N-ethyl adjacent to an activating group) is 1. The van der Waals surface area contributed by atoms with Crippen LogP contribution < -0.4 is 15.0 Å².